The Kier molecular flexibility index (Phi) is 4.43. The van der Waals surface area contributed by atoms with Crippen LogP contribution in [0.25, 0.3) is 0 Å². The molecule has 0 aliphatic rings. The van der Waals surface area contributed by atoms with E-state index < -0.39 is 6.04 Å². The summed E-state index contributed by atoms with van der Waals surface area (Å²) in [5, 5.41) is 7.23. The normalized spacial score (nSPS) is 11.9. The highest BCUT2D eigenvalue weighted by Gasteiger charge is 2.22. The highest BCUT2D eigenvalue weighted by atomic mass is 35.5. The molecule has 1 aromatic carbocycles. The van der Waals surface area contributed by atoms with Crippen LogP contribution in [0.2, 0.25) is 5.02 Å². The van der Waals surface area contributed by atoms with E-state index in [2.05, 4.69) is 20.4 Å². The third kappa shape index (κ3) is 3.36. The van der Waals surface area contributed by atoms with Gasteiger partial charge in [-0.1, -0.05) is 28.9 Å². The van der Waals surface area contributed by atoms with Gasteiger partial charge in [0.05, 0.1) is 5.56 Å². The minimum atomic E-state index is -0.611. The Balaban J connectivity index is 1.93. The van der Waals surface area contributed by atoms with Crippen LogP contribution >= 0.6 is 11.6 Å². The smallest absolute Gasteiger partial charge is 0.253 e. The Hall–Kier alpha value is -2.93. The zero-order chi connectivity index (χ0) is 17.1. The monoisotopic (exact) mass is 344 g/mol. The van der Waals surface area contributed by atoms with Crippen LogP contribution in [0.15, 0.2) is 52.1 Å². The van der Waals surface area contributed by atoms with Crippen LogP contribution in [0.4, 0.5) is 0 Å². The van der Waals surface area contributed by atoms with Crippen molar-refractivity contribution in [2.24, 2.45) is 0 Å². The van der Waals surface area contributed by atoms with Gasteiger partial charge in [-0.3, -0.25) is 9.59 Å². The number of pyridine rings is 1. The average molecular weight is 345 g/mol. The van der Waals surface area contributed by atoms with Crippen LogP contribution in [0, 0.1) is 6.92 Å². The molecule has 122 valence electrons. The number of carbonyl (C=O) groups excluding carboxylic acids is 1. The molecule has 2 N–H and O–H groups in total. The standard InChI is InChI=1S/C16H13ClN4O3/c1-9-12(6-7-13(22)19-9)16(23)20-14(15-18-8-24-21-15)10-2-4-11(17)5-3-10/h2-8,14H,1H3,(H,19,22)(H,20,23)/t14-/m0/s1. The van der Waals surface area contributed by atoms with E-state index >= 15 is 0 Å². The fraction of sp³-hybridized carbons (Fsp3) is 0.125. The molecule has 2 aromatic heterocycles. The lowest BCUT2D eigenvalue weighted by Crippen LogP contribution is -2.31. The minimum absolute atomic E-state index is 0.267. The molecule has 7 nitrogen and oxygen atoms in total. The fourth-order valence-corrected chi connectivity index (χ4v) is 2.42. The molecule has 0 aliphatic carbocycles. The molecular formula is C16H13ClN4O3. The van der Waals surface area contributed by atoms with E-state index in [1.807, 2.05) is 0 Å². The maximum atomic E-state index is 12.6. The zero-order valence-corrected chi connectivity index (χ0v) is 13.4. The number of rotatable bonds is 4. The van der Waals surface area contributed by atoms with Gasteiger partial charge >= 0.3 is 0 Å². The van der Waals surface area contributed by atoms with E-state index in [-0.39, 0.29) is 11.5 Å². The molecule has 0 aliphatic heterocycles. The zero-order valence-electron chi connectivity index (χ0n) is 12.6. The Morgan fingerprint density at radius 3 is 2.62 bits per heavy atom. The fourth-order valence-electron chi connectivity index (χ4n) is 2.29. The number of aromatic nitrogens is 3. The number of benzene rings is 1. The first-order chi connectivity index (χ1) is 11.5. The molecule has 3 aromatic rings. The second kappa shape index (κ2) is 6.67. The number of nitrogens with zero attached hydrogens (tertiary/aromatic N) is 2. The first kappa shape index (κ1) is 15.9. The molecule has 0 unspecified atom stereocenters. The topological polar surface area (TPSA) is 101 Å². The summed E-state index contributed by atoms with van der Waals surface area (Å²) in [7, 11) is 0. The first-order valence-corrected chi connectivity index (χ1v) is 7.45. The van der Waals surface area contributed by atoms with Crippen molar-refractivity contribution < 1.29 is 9.32 Å². The Bertz CT molecular complexity index is 904. The van der Waals surface area contributed by atoms with Gasteiger partial charge in [0.15, 0.2) is 5.82 Å². The van der Waals surface area contributed by atoms with Crippen molar-refractivity contribution in [3.63, 3.8) is 0 Å². The van der Waals surface area contributed by atoms with E-state index in [1.165, 1.54) is 18.5 Å². The number of aryl methyl sites for hydroxylation is 1. The number of halogens is 1. The van der Waals surface area contributed by atoms with Crippen molar-refractivity contribution in [3.8, 4) is 0 Å². The highest BCUT2D eigenvalue weighted by Crippen LogP contribution is 2.21. The second-order valence-corrected chi connectivity index (χ2v) is 5.55. The Labute approximate surface area is 141 Å². The third-order valence-corrected chi connectivity index (χ3v) is 3.73. The predicted molar refractivity (Wildman–Crippen MR) is 86.9 cm³/mol. The van der Waals surface area contributed by atoms with Gasteiger partial charge in [-0.25, -0.2) is 0 Å². The van der Waals surface area contributed by atoms with Gasteiger partial charge in [-0.2, -0.15) is 4.98 Å². The van der Waals surface area contributed by atoms with Crippen molar-refractivity contribution >= 4 is 17.5 Å². The predicted octanol–water partition coefficient (Wildman–Crippen LogP) is 2.24. The van der Waals surface area contributed by atoms with E-state index in [0.29, 0.717) is 22.1 Å². The molecule has 0 radical (unpaired) electrons. The van der Waals surface area contributed by atoms with Gasteiger partial charge in [0.1, 0.15) is 6.04 Å². The average Bonchev–Trinajstić information content (AvgIpc) is 3.07. The molecule has 1 atom stereocenters. The van der Waals surface area contributed by atoms with Crippen LogP contribution in [0.5, 0.6) is 0 Å². The molecule has 0 saturated carbocycles. The second-order valence-electron chi connectivity index (χ2n) is 5.11. The Morgan fingerprint density at radius 1 is 1.25 bits per heavy atom. The van der Waals surface area contributed by atoms with Gasteiger partial charge in [0, 0.05) is 16.8 Å². The lowest BCUT2D eigenvalue weighted by atomic mass is 10.1. The van der Waals surface area contributed by atoms with Crippen LogP contribution in [0.3, 0.4) is 0 Å². The summed E-state index contributed by atoms with van der Waals surface area (Å²) in [4.78, 5) is 30.5. The van der Waals surface area contributed by atoms with Crippen LogP contribution in [0.1, 0.15) is 33.5 Å². The van der Waals surface area contributed by atoms with Crippen LogP contribution in [-0.4, -0.2) is 21.0 Å². The van der Waals surface area contributed by atoms with Crippen molar-refractivity contribution in [2.75, 3.05) is 0 Å². The molecule has 0 saturated heterocycles. The van der Waals surface area contributed by atoms with Crippen molar-refractivity contribution in [1.82, 2.24) is 20.4 Å². The number of aromatic amines is 1. The van der Waals surface area contributed by atoms with Gasteiger partial charge in [-0.05, 0) is 30.7 Å². The van der Waals surface area contributed by atoms with Crippen molar-refractivity contribution in [3.05, 3.63) is 80.8 Å². The number of amides is 1. The number of hydrogen-bond acceptors (Lipinski definition) is 5. The summed E-state index contributed by atoms with van der Waals surface area (Å²) >= 11 is 5.91. The summed E-state index contributed by atoms with van der Waals surface area (Å²) in [6, 6.07) is 9.11. The highest BCUT2D eigenvalue weighted by molar-refractivity contribution is 6.30. The summed E-state index contributed by atoms with van der Waals surface area (Å²) in [5.74, 6) is -0.0544. The van der Waals surface area contributed by atoms with Crippen molar-refractivity contribution in [1.29, 1.82) is 0 Å². The molecule has 1 amide bonds. The lowest BCUT2D eigenvalue weighted by molar-refractivity contribution is 0.0940. The van der Waals surface area contributed by atoms with E-state index in [9.17, 15) is 9.59 Å². The first-order valence-electron chi connectivity index (χ1n) is 7.07. The minimum Gasteiger partial charge on any atom is -0.343 e. The molecule has 24 heavy (non-hydrogen) atoms. The number of carbonyl (C=O) groups is 1. The maximum Gasteiger partial charge on any atom is 0.253 e. The number of H-pyrrole nitrogens is 1. The van der Waals surface area contributed by atoms with E-state index in [4.69, 9.17) is 16.1 Å². The molecular weight excluding hydrogens is 332 g/mol. The molecule has 8 heteroatoms. The molecule has 0 spiro atoms. The number of hydrogen-bond donors (Lipinski definition) is 2. The summed E-state index contributed by atoms with van der Waals surface area (Å²) in [6.07, 6.45) is 1.19. The molecule has 2 heterocycles. The third-order valence-electron chi connectivity index (χ3n) is 3.48. The van der Waals surface area contributed by atoms with E-state index in [1.54, 1.807) is 31.2 Å². The van der Waals surface area contributed by atoms with Gasteiger partial charge < -0.3 is 14.8 Å². The van der Waals surface area contributed by atoms with Gasteiger partial charge in [0.2, 0.25) is 12.0 Å². The maximum absolute atomic E-state index is 12.6. The van der Waals surface area contributed by atoms with Crippen LogP contribution < -0.4 is 10.9 Å². The Morgan fingerprint density at radius 2 is 2.00 bits per heavy atom. The van der Waals surface area contributed by atoms with Crippen molar-refractivity contribution in [2.45, 2.75) is 13.0 Å². The summed E-state index contributed by atoms with van der Waals surface area (Å²) in [6.45, 7) is 1.65. The number of nitrogens with one attached hydrogen (secondary N) is 2. The summed E-state index contributed by atoms with van der Waals surface area (Å²) < 4.78 is 4.78. The lowest BCUT2D eigenvalue weighted by Gasteiger charge is -2.16. The quantitative estimate of drug-likeness (QED) is 0.755. The molecule has 3 rings (SSSR count). The molecule has 0 fully saturated rings. The SMILES string of the molecule is Cc1[nH]c(=O)ccc1C(=O)N[C@@H](c1ccc(Cl)cc1)c1ncon1. The largest absolute Gasteiger partial charge is 0.343 e. The molecule has 0 bridgehead atoms. The van der Waals surface area contributed by atoms with Crippen LogP contribution in [-0.2, 0) is 0 Å². The summed E-state index contributed by atoms with van der Waals surface area (Å²) in [5.41, 5.74) is 1.31. The van der Waals surface area contributed by atoms with Gasteiger partial charge in [0.25, 0.3) is 5.91 Å². The van der Waals surface area contributed by atoms with E-state index in [0.717, 1.165) is 5.56 Å². The van der Waals surface area contributed by atoms with Gasteiger partial charge in [-0.15, -0.1) is 0 Å².